The van der Waals surface area contributed by atoms with Gasteiger partial charge in [0.05, 0.1) is 32.0 Å². The molecule has 14 nitrogen and oxygen atoms in total. The number of hydrogen-bond acceptors (Lipinski definition) is 13. The normalized spacial score (nSPS) is 25.4. The van der Waals surface area contributed by atoms with Crippen LogP contribution in [0.15, 0.2) is 12.2 Å². The number of carbonyl (C=O) groups excluding carboxylic acids is 1. The van der Waals surface area contributed by atoms with Crippen LogP contribution < -0.4 is 5.32 Å². The number of hydrogen-bond donors (Lipinski definition) is 9. The summed E-state index contributed by atoms with van der Waals surface area (Å²) in [5, 5.41) is 87.0. The third-order valence-corrected chi connectivity index (χ3v) is 15.2. The van der Waals surface area contributed by atoms with Crippen LogP contribution in [-0.2, 0) is 23.7 Å². The first-order valence-electron chi connectivity index (χ1n) is 30.4. The maximum atomic E-state index is 13.2. The second-order valence-electron chi connectivity index (χ2n) is 21.8. The van der Waals surface area contributed by atoms with Crippen molar-refractivity contribution in [1.29, 1.82) is 0 Å². The molecule has 12 unspecified atom stereocenters. The number of aliphatic hydroxyl groups excluding tert-OH is 8. The molecule has 0 spiro atoms. The van der Waals surface area contributed by atoms with E-state index in [-0.39, 0.29) is 18.9 Å². The van der Waals surface area contributed by atoms with Crippen LogP contribution in [0.25, 0.3) is 0 Å². The summed E-state index contributed by atoms with van der Waals surface area (Å²) in [7, 11) is 0. The maximum absolute atomic E-state index is 13.2. The van der Waals surface area contributed by atoms with Gasteiger partial charge in [-0.3, -0.25) is 4.79 Å². The number of ether oxygens (including phenoxy) is 4. The summed E-state index contributed by atoms with van der Waals surface area (Å²) in [5.41, 5.74) is 0. The van der Waals surface area contributed by atoms with Crippen LogP contribution in [-0.4, -0.2) is 140 Å². The van der Waals surface area contributed by atoms with Crippen LogP contribution in [0.4, 0.5) is 0 Å². The van der Waals surface area contributed by atoms with Gasteiger partial charge in [-0.1, -0.05) is 251 Å². The summed E-state index contributed by atoms with van der Waals surface area (Å²) in [4.78, 5) is 13.2. The second-order valence-corrected chi connectivity index (χ2v) is 21.8. The van der Waals surface area contributed by atoms with Crippen molar-refractivity contribution >= 4 is 5.91 Å². The molecule has 2 saturated heterocycles. The molecule has 1 amide bonds. The molecular weight excluding hydrogens is 931 g/mol. The highest BCUT2D eigenvalue weighted by Crippen LogP contribution is 2.30. The van der Waals surface area contributed by atoms with Gasteiger partial charge in [0.1, 0.15) is 48.8 Å². The highest BCUT2D eigenvalue weighted by molar-refractivity contribution is 5.76. The number of aliphatic hydroxyl groups is 8. The summed E-state index contributed by atoms with van der Waals surface area (Å²) in [5.74, 6) is -0.236. The lowest BCUT2D eigenvalue weighted by atomic mass is 9.97. The van der Waals surface area contributed by atoms with Gasteiger partial charge in [-0.15, -0.1) is 0 Å². The van der Waals surface area contributed by atoms with Crippen molar-refractivity contribution in [2.75, 3.05) is 19.8 Å². The third-order valence-electron chi connectivity index (χ3n) is 15.2. The Bertz CT molecular complexity index is 1280. The van der Waals surface area contributed by atoms with E-state index in [9.17, 15) is 45.6 Å². The largest absolute Gasteiger partial charge is 0.394 e. The molecule has 73 heavy (non-hydrogen) atoms. The van der Waals surface area contributed by atoms with Crippen LogP contribution >= 0.6 is 0 Å². The third kappa shape index (κ3) is 31.7. The molecule has 2 fully saturated rings. The number of amides is 1. The zero-order valence-electron chi connectivity index (χ0n) is 46.4. The highest BCUT2D eigenvalue weighted by atomic mass is 16.7. The zero-order chi connectivity index (χ0) is 53.2. The van der Waals surface area contributed by atoms with Crippen molar-refractivity contribution in [2.45, 2.75) is 338 Å². The molecule has 0 aromatic carbocycles. The summed E-state index contributed by atoms with van der Waals surface area (Å²) in [6, 6.07) is -0.909. The van der Waals surface area contributed by atoms with Crippen LogP contribution in [0.2, 0.25) is 0 Å². The lowest BCUT2D eigenvalue weighted by Crippen LogP contribution is -2.65. The molecule has 0 bridgehead atoms. The molecule has 12 atom stereocenters. The van der Waals surface area contributed by atoms with Crippen molar-refractivity contribution in [3.63, 3.8) is 0 Å². The van der Waals surface area contributed by atoms with Gasteiger partial charge in [0, 0.05) is 6.42 Å². The van der Waals surface area contributed by atoms with Gasteiger partial charge in [-0.25, -0.2) is 0 Å². The summed E-state index contributed by atoms with van der Waals surface area (Å²) < 4.78 is 22.8. The Labute approximate surface area is 444 Å². The van der Waals surface area contributed by atoms with Crippen molar-refractivity contribution in [3.05, 3.63) is 12.2 Å². The van der Waals surface area contributed by atoms with E-state index in [1.165, 1.54) is 199 Å². The number of unbranched alkanes of at least 4 members (excludes halogenated alkanes) is 36. The van der Waals surface area contributed by atoms with Crippen LogP contribution in [0.5, 0.6) is 0 Å². The van der Waals surface area contributed by atoms with E-state index in [2.05, 4.69) is 19.2 Å². The molecule has 2 rings (SSSR count). The molecule has 0 radical (unpaired) electrons. The van der Waals surface area contributed by atoms with Crippen LogP contribution in [0.3, 0.4) is 0 Å². The lowest BCUT2D eigenvalue weighted by molar-refractivity contribution is -0.359. The number of carbonyl (C=O) groups is 1. The minimum absolute atomic E-state index is 0.236. The van der Waals surface area contributed by atoms with Crippen LogP contribution in [0, 0.1) is 0 Å². The van der Waals surface area contributed by atoms with Gasteiger partial charge in [0.15, 0.2) is 12.6 Å². The highest BCUT2D eigenvalue weighted by Gasteiger charge is 2.51. The van der Waals surface area contributed by atoms with Gasteiger partial charge >= 0.3 is 0 Å². The fraction of sp³-hybridized carbons (Fsp3) is 0.949. The fourth-order valence-electron chi connectivity index (χ4n) is 10.3. The Kier molecular flexibility index (Phi) is 42.5. The van der Waals surface area contributed by atoms with Gasteiger partial charge in [0.25, 0.3) is 0 Å². The second kappa shape index (κ2) is 45.7. The van der Waals surface area contributed by atoms with E-state index < -0.39 is 86.8 Å². The Morgan fingerprint density at radius 1 is 0.479 bits per heavy atom. The average Bonchev–Trinajstić information content (AvgIpc) is 3.39. The Hall–Kier alpha value is -1.27. The van der Waals surface area contributed by atoms with E-state index in [0.29, 0.717) is 6.42 Å². The van der Waals surface area contributed by atoms with E-state index in [1.54, 1.807) is 6.08 Å². The summed E-state index contributed by atoms with van der Waals surface area (Å²) in [6.45, 7) is 2.82. The first-order valence-corrected chi connectivity index (χ1v) is 30.4. The Balaban J connectivity index is 1.70. The van der Waals surface area contributed by atoms with Crippen LogP contribution in [0.1, 0.15) is 264 Å². The zero-order valence-corrected chi connectivity index (χ0v) is 46.4. The van der Waals surface area contributed by atoms with Crippen molar-refractivity contribution < 1.29 is 64.6 Å². The molecule has 2 heterocycles. The monoisotopic (exact) mass is 1040 g/mol. The van der Waals surface area contributed by atoms with Gasteiger partial charge in [-0.05, 0) is 19.3 Å². The quantitative estimate of drug-likeness (QED) is 0.0204. The van der Waals surface area contributed by atoms with E-state index in [4.69, 9.17) is 18.9 Å². The van der Waals surface area contributed by atoms with E-state index in [0.717, 1.165) is 38.5 Å². The minimum atomic E-state index is -1.78. The SMILES string of the molecule is CCCCCCCCCCCCCCCCCCCCCCCCCCC/C=C/C(O)C(COC1OC(CO)C(OC2OC(CO)C(O)C(O)C2O)C(O)C1O)NC(=O)CCCCCCCCCCCCCC. The Morgan fingerprint density at radius 3 is 1.26 bits per heavy atom. The summed E-state index contributed by atoms with van der Waals surface area (Å²) in [6.07, 6.45) is 35.5. The smallest absolute Gasteiger partial charge is 0.220 e. The maximum Gasteiger partial charge on any atom is 0.220 e. The molecule has 2 aliphatic heterocycles. The minimum Gasteiger partial charge on any atom is -0.394 e. The standard InChI is InChI=1S/C59H113NO13/c1-3-5-7-9-11-13-15-17-18-19-20-21-22-23-24-25-26-27-28-29-30-31-32-34-36-38-40-42-48(63)47(60-51(64)43-41-39-37-35-33-16-14-12-10-8-6-4-2)46-70-58-56(69)54(67)57(50(45-62)72-58)73-59-55(68)53(66)52(65)49(44-61)71-59/h40,42,47-50,52-59,61-63,65-69H,3-39,41,43-46H2,1-2H3,(H,60,64)/b42-40+. The number of nitrogens with one attached hydrogen (secondary N) is 1. The lowest BCUT2D eigenvalue weighted by Gasteiger charge is -2.46. The van der Waals surface area contributed by atoms with Crippen molar-refractivity contribution in [1.82, 2.24) is 5.32 Å². The molecular formula is C59H113NO13. The predicted octanol–water partition coefficient (Wildman–Crippen LogP) is 10.3. The first kappa shape index (κ1) is 67.8. The topological polar surface area (TPSA) is 228 Å². The molecule has 0 aromatic rings. The van der Waals surface area contributed by atoms with Gasteiger partial charge < -0.3 is 65.1 Å². The Morgan fingerprint density at radius 2 is 0.849 bits per heavy atom. The predicted molar refractivity (Wildman–Crippen MR) is 291 cm³/mol. The molecule has 14 heteroatoms. The van der Waals surface area contributed by atoms with Crippen molar-refractivity contribution in [3.8, 4) is 0 Å². The number of allylic oxidation sites excluding steroid dienone is 1. The molecule has 0 saturated carbocycles. The molecule has 2 aliphatic rings. The van der Waals surface area contributed by atoms with E-state index in [1.807, 2.05) is 6.08 Å². The number of rotatable bonds is 49. The molecule has 0 aliphatic carbocycles. The van der Waals surface area contributed by atoms with Gasteiger partial charge in [-0.2, -0.15) is 0 Å². The van der Waals surface area contributed by atoms with Gasteiger partial charge in [0.2, 0.25) is 5.91 Å². The first-order chi connectivity index (χ1) is 35.6. The molecule has 0 aromatic heterocycles. The molecule has 9 N–H and O–H groups in total. The summed E-state index contributed by atoms with van der Waals surface area (Å²) >= 11 is 0. The van der Waals surface area contributed by atoms with Crippen molar-refractivity contribution in [2.24, 2.45) is 0 Å². The molecule has 432 valence electrons. The average molecular weight is 1040 g/mol. The van der Waals surface area contributed by atoms with E-state index >= 15 is 0 Å². The fourth-order valence-corrected chi connectivity index (χ4v) is 10.3.